The summed E-state index contributed by atoms with van der Waals surface area (Å²) >= 11 is 3.35. The smallest absolute Gasteiger partial charge is 0.231 e. The number of carbonyl (C=O) groups is 1. The van der Waals surface area contributed by atoms with E-state index in [2.05, 4.69) is 26.4 Å². The van der Waals surface area contributed by atoms with Gasteiger partial charge in [0, 0.05) is 4.47 Å². The second-order valence-electron chi connectivity index (χ2n) is 4.03. The van der Waals surface area contributed by atoms with Crippen molar-refractivity contribution in [3.05, 3.63) is 34.3 Å². The molecule has 0 aliphatic carbocycles. The lowest BCUT2D eigenvalue weighted by molar-refractivity contribution is -0.123. The maximum atomic E-state index is 11.8. The molecule has 2 unspecified atom stereocenters. The molecule has 2 atom stereocenters. The third kappa shape index (κ3) is 3.73. The van der Waals surface area contributed by atoms with Crippen molar-refractivity contribution in [2.24, 2.45) is 16.8 Å². The van der Waals surface area contributed by atoms with E-state index < -0.39 is 5.92 Å². The number of amidine groups is 1. The van der Waals surface area contributed by atoms with E-state index in [0.29, 0.717) is 0 Å². The van der Waals surface area contributed by atoms with Crippen molar-refractivity contribution in [2.75, 3.05) is 0 Å². The predicted octanol–water partition coefficient (Wildman–Crippen LogP) is 2.01. The molecule has 18 heavy (non-hydrogen) atoms. The molecule has 0 aromatic heterocycles. The Kier molecular flexibility index (Phi) is 5.15. The minimum absolute atomic E-state index is 0.101. The van der Waals surface area contributed by atoms with Crippen LogP contribution in [0, 0.1) is 5.92 Å². The number of carbonyl (C=O) groups excluding carboxylic acids is 1. The van der Waals surface area contributed by atoms with Crippen LogP contribution < -0.4 is 11.1 Å². The fourth-order valence-corrected chi connectivity index (χ4v) is 1.66. The van der Waals surface area contributed by atoms with Crippen molar-refractivity contribution in [1.82, 2.24) is 5.32 Å². The Hall–Kier alpha value is -1.56. The minimum Gasteiger partial charge on any atom is -0.409 e. The van der Waals surface area contributed by atoms with Gasteiger partial charge in [0.25, 0.3) is 0 Å². The molecule has 1 rings (SSSR count). The zero-order chi connectivity index (χ0) is 13.7. The Morgan fingerprint density at radius 2 is 1.94 bits per heavy atom. The molecule has 1 aromatic carbocycles. The summed E-state index contributed by atoms with van der Waals surface area (Å²) in [5.74, 6) is -1.04. The van der Waals surface area contributed by atoms with Gasteiger partial charge in [-0.1, -0.05) is 33.2 Å². The van der Waals surface area contributed by atoms with Crippen LogP contribution in [0.4, 0.5) is 0 Å². The second-order valence-corrected chi connectivity index (χ2v) is 4.94. The molecule has 0 bridgehead atoms. The number of nitrogens with one attached hydrogen (secondary N) is 1. The van der Waals surface area contributed by atoms with Gasteiger partial charge in [0.15, 0.2) is 5.84 Å². The Balaban J connectivity index is 2.67. The van der Waals surface area contributed by atoms with Crippen LogP contribution in [0.25, 0.3) is 0 Å². The van der Waals surface area contributed by atoms with Crippen LogP contribution in [-0.4, -0.2) is 17.0 Å². The van der Waals surface area contributed by atoms with Crippen LogP contribution >= 0.6 is 15.9 Å². The molecule has 0 aliphatic heterocycles. The highest BCUT2D eigenvalue weighted by Crippen LogP contribution is 2.16. The predicted molar refractivity (Wildman–Crippen MR) is 73.3 cm³/mol. The van der Waals surface area contributed by atoms with Crippen molar-refractivity contribution in [3.63, 3.8) is 0 Å². The van der Waals surface area contributed by atoms with E-state index >= 15 is 0 Å². The van der Waals surface area contributed by atoms with E-state index in [1.807, 2.05) is 31.2 Å². The largest absolute Gasteiger partial charge is 0.409 e. The fraction of sp³-hybridized carbons (Fsp3) is 0.333. The summed E-state index contributed by atoms with van der Waals surface area (Å²) in [6.45, 7) is 3.46. The number of nitrogens with zero attached hydrogens (tertiary/aromatic N) is 1. The normalized spacial score (nSPS) is 14.9. The molecule has 0 saturated carbocycles. The highest BCUT2D eigenvalue weighted by atomic mass is 79.9. The average Bonchev–Trinajstić information content (AvgIpc) is 2.37. The molecule has 98 valence electrons. The molecule has 0 spiro atoms. The van der Waals surface area contributed by atoms with Gasteiger partial charge in [0.2, 0.25) is 5.91 Å². The van der Waals surface area contributed by atoms with Gasteiger partial charge in [-0.3, -0.25) is 4.79 Å². The number of hydrogen-bond donors (Lipinski definition) is 3. The Morgan fingerprint density at radius 1 is 1.39 bits per heavy atom. The van der Waals surface area contributed by atoms with Gasteiger partial charge in [-0.25, -0.2) is 0 Å². The lowest BCUT2D eigenvalue weighted by Gasteiger charge is -2.17. The molecule has 0 aliphatic rings. The monoisotopic (exact) mass is 313 g/mol. The van der Waals surface area contributed by atoms with Gasteiger partial charge in [-0.2, -0.15) is 0 Å². The highest BCUT2D eigenvalue weighted by Gasteiger charge is 2.19. The second kappa shape index (κ2) is 6.39. The average molecular weight is 314 g/mol. The summed E-state index contributed by atoms with van der Waals surface area (Å²) in [7, 11) is 0. The number of nitrogens with two attached hydrogens (primary N) is 1. The van der Waals surface area contributed by atoms with Crippen molar-refractivity contribution < 1.29 is 10.0 Å². The summed E-state index contributed by atoms with van der Waals surface area (Å²) in [5.41, 5.74) is 6.37. The highest BCUT2D eigenvalue weighted by molar-refractivity contribution is 9.10. The minimum atomic E-state index is -0.659. The molecule has 0 radical (unpaired) electrons. The maximum absolute atomic E-state index is 11.8. The van der Waals surface area contributed by atoms with E-state index in [1.54, 1.807) is 6.92 Å². The van der Waals surface area contributed by atoms with Gasteiger partial charge in [0.1, 0.15) is 0 Å². The van der Waals surface area contributed by atoms with Gasteiger partial charge in [-0.05, 0) is 31.5 Å². The lowest BCUT2D eigenvalue weighted by Crippen LogP contribution is -2.38. The van der Waals surface area contributed by atoms with E-state index in [0.717, 1.165) is 10.0 Å². The Bertz CT molecular complexity index is 445. The molecule has 6 heteroatoms. The van der Waals surface area contributed by atoms with Crippen molar-refractivity contribution in [1.29, 1.82) is 0 Å². The number of hydrogen-bond acceptors (Lipinski definition) is 3. The molecule has 5 nitrogen and oxygen atoms in total. The first-order valence-electron chi connectivity index (χ1n) is 5.49. The summed E-state index contributed by atoms with van der Waals surface area (Å²) in [6.07, 6.45) is 0. The quantitative estimate of drug-likeness (QED) is 0.344. The van der Waals surface area contributed by atoms with Crippen LogP contribution in [0.15, 0.2) is 33.9 Å². The first-order valence-corrected chi connectivity index (χ1v) is 6.28. The van der Waals surface area contributed by atoms with Crippen LogP contribution in [0.5, 0.6) is 0 Å². The van der Waals surface area contributed by atoms with Gasteiger partial charge >= 0.3 is 0 Å². The van der Waals surface area contributed by atoms with Gasteiger partial charge in [-0.15, -0.1) is 0 Å². The van der Waals surface area contributed by atoms with E-state index in [9.17, 15) is 4.79 Å². The molecule has 0 saturated heterocycles. The third-order valence-electron chi connectivity index (χ3n) is 2.68. The molecular formula is C12H16BrN3O2. The van der Waals surface area contributed by atoms with Crippen molar-refractivity contribution in [2.45, 2.75) is 19.9 Å². The standard InChI is InChI=1S/C12H16BrN3O2/c1-7(11(14)16-18)12(17)15-8(2)9-3-5-10(13)6-4-9/h3-8,18H,1-2H3,(H2,14,16)(H,15,17). The van der Waals surface area contributed by atoms with Gasteiger partial charge in [0.05, 0.1) is 12.0 Å². The number of amides is 1. The van der Waals surface area contributed by atoms with E-state index in [-0.39, 0.29) is 17.8 Å². The Labute approximate surface area is 114 Å². The summed E-state index contributed by atoms with van der Waals surface area (Å²) in [4.78, 5) is 11.8. The molecule has 1 aromatic rings. The zero-order valence-electron chi connectivity index (χ0n) is 10.2. The first kappa shape index (κ1) is 14.5. The molecular weight excluding hydrogens is 298 g/mol. The number of rotatable bonds is 4. The fourth-order valence-electron chi connectivity index (χ4n) is 1.39. The molecule has 0 fully saturated rings. The topological polar surface area (TPSA) is 87.7 Å². The first-order chi connectivity index (χ1) is 8.45. The number of oxime groups is 1. The molecule has 1 amide bonds. The van der Waals surface area contributed by atoms with Crippen molar-refractivity contribution >= 4 is 27.7 Å². The summed E-state index contributed by atoms with van der Waals surface area (Å²) in [5, 5.41) is 14.1. The van der Waals surface area contributed by atoms with E-state index in [1.165, 1.54) is 0 Å². The molecule has 0 heterocycles. The van der Waals surface area contributed by atoms with Crippen LogP contribution in [0.1, 0.15) is 25.5 Å². The summed E-state index contributed by atoms with van der Waals surface area (Å²) < 4.78 is 0.981. The summed E-state index contributed by atoms with van der Waals surface area (Å²) in [6, 6.07) is 7.52. The SMILES string of the molecule is CC(C(=O)NC(C)c1ccc(Br)cc1)C(N)=NO. The van der Waals surface area contributed by atoms with Gasteiger partial charge < -0.3 is 16.3 Å². The number of benzene rings is 1. The van der Waals surface area contributed by atoms with Crippen LogP contribution in [-0.2, 0) is 4.79 Å². The Morgan fingerprint density at radius 3 is 2.44 bits per heavy atom. The van der Waals surface area contributed by atoms with Crippen LogP contribution in [0.3, 0.4) is 0 Å². The van der Waals surface area contributed by atoms with E-state index in [4.69, 9.17) is 10.9 Å². The third-order valence-corrected chi connectivity index (χ3v) is 3.21. The van der Waals surface area contributed by atoms with Crippen molar-refractivity contribution in [3.8, 4) is 0 Å². The maximum Gasteiger partial charge on any atom is 0.231 e. The zero-order valence-corrected chi connectivity index (χ0v) is 11.8. The molecule has 4 N–H and O–H groups in total. The lowest BCUT2D eigenvalue weighted by atomic mass is 10.1. The van der Waals surface area contributed by atoms with Crippen LogP contribution in [0.2, 0.25) is 0 Å². The number of halogens is 1.